The van der Waals surface area contributed by atoms with E-state index in [2.05, 4.69) is 10.3 Å². The highest BCUT2D eigenvalue weighted by Gasteiger charge is 2.30. The third-order valence-corrected chi connectivity index (χ3v) is 4.79. The normalized spacial score (nSPS) is 14.3. The van der Waals surface area contributed by atoms with E-state index in [-0.39, 0.29) is 12.3 Å². The van der Waals surface area contributed by atoms with Crippen molar-refractivity contribution in [2.24, 2.45) is 0 Å². The summed E-state index contributed by atoms with van der Waals surface area (Å²) in [6.45, 7) is 0.192. The van der Waals surface area contributed by atoms with Gasteiger partial charge in [0.2, 0.25) is 0 Å². The number of hydrogen-bond acceptors (Lipinski definition) is 3. The summed E-state index contributed by atoms with van der Waals surface area (Å²) in [4.78, 5) is 17.1. The van der Waals surface area contributed by atoms with Crippen LogP contribution in [0, 0.1) is 0 Å². The van der Waals surface area contributed by atoms with Gasteiger partial charge in [0.15, 0.2) is 5.78 Å². The summed E-state index contributed by atoms with van der Waals surface area (Å²) < 4.78 is 38.8. The number of carbonyl (C=O) groups excluding carboxylic acids is 1. The average Bonchev–Trinajstić information content (AvgIpc) is 2.65. The van der Waals surface area contributed by atoms with Crippen molar-refractivity contribution in [3.63, 3.8) is 0 Å². The summed E-state index contributed by atoms with van der Waals surface area (Å²) in [5.41, 5.74) is 2.60. The van der Waals surface area contributed by atoms with Crippen LogP contribution < -0.4 is 5.32 Å². The maximum Gasteiger partial charge on any atom is 0.416 e. The number of halogens is 3. The lowest BCUT2D eigenvalue weighted by Crippen LogP contribution is -2.17. The van der Waals surface area contributed by atoms with Gasteiger partial charge in [-0.2, -0.15) is 13.2 Å². The SMILES string of the molecule is O=C1CCCc2nc3ccccc3c(NCc3cccc(C(F)(F)F)c3)c21. The molecule has 1 aliphatic carbocycles. The lowest BCUT2D eigenvalue weighted by atomic mass is 9.91. The monoisotopic (exact) mass is 370 g/mol. The van der Waals surface area contributed by atoms with Gasteiger partial charge in [-0.1, -0.05) is 30.3 Å². The van der Waals surface area contributed by atoms with Crippen LogP contribution in [0.2, 0.25) is 0 Å². The van der Waals surface area contributed by atoms with Crippen molar-refractivity contribution in [1.82, 2.24) is 4.98 Å². The number of nitrogens with zero attached hydrogens (tertiary/aromatic N) is 1. The van der Waals surface area contributed by atoms with Crippen molar-refractivity contribution in [3.8, 4) is 0 Å². The average molecular weight is 370 g/mol. The van der Waals surface area contributed by atoms with Gasteiger partial charge in [-0.3, -0.25) is 9.78 Å². The molecule has 3 aromatic rings. The number of aryl methyl sites for hydroxylation is 1. The number of para-hydroxylation sites is 1. The Morgan fingerprint density at radius 2 is 1.85 bits per heavy atom. The molecule has 1 N–H and O–H groups in total. The number of ketones is 1. The molecule has 2 aromatic carbocycles. The third kappa shape index (κ3) is 3.39. The van der Waals surface area contributed by atoms with Gasteiger partial charge < -0.3 is 5.32 Å². The van der Waals surface area contributed by atoms with Gasteiger partial charge in [-0.15, -0.1) is 0 Å². The second kappa shape index (κ2) is 6.68. The molecule has 0 amide bonds. The first-order valence-electron chi connectivity index (χ1n) is 8.78. The number of carbonyl (C=O) groups is 1. The molecule has 0 unspecified atom stereocenters. The molecule has 0 saturated carbocycles. The van der Waals surface area contributed by atoms with Gasteiger partial charge in [-0.05, 0) is 36.6 Å². The second-order valence-corrected chi connectivity index (χ2v) is 6.65. The fourth-order valence-corrected chi connectivity index (χ4v) is 3.52. The smallest absolute Gasteiger partial charge is 0.380 e. The van der Waals surface area contributed by atoms with Crippen molar-refractivity contribution >= 4 is 22.4 Å². The summed E-state index contributed by atoms with van der Waals surface area (Å²) in [6, 6.07) is 12.7. The zero-order chi connectivity index (χ0) is 19.0. The highest BCUT2D eigenvalue weighted by molar-refractivity contribution is 6.09. The van der Waals surface area contributed by atoms with E-state index in [1.165, 1.54) is 6.07 Å². The van der Waals surface area contributed by atoms with E-state index in [0.29, 0.717) is 23.2 Å². The highest BCUT2D eigenvalue weighted by atomic mass is 19.4. The standard InChI is InChI=1S/C21H17F3N2O/c22-21(23,24)14-6-3-5-13(11-14)12-25-20-15-7-1-2-8-16(15)26-17-9-4-10-18(27)19(17)20/h1-3,5-8,11H,4,9-10,12H2,(H,25,26). The number of Topliss-reactive ketones (excluding diaryl/α,β-unsaturated/α-hetero) is 1. The van der Waals surface area contributed by atoms with E-state index < -0.39 is 11.7 Å². The first-order chi connectivity index (χ1) is 12.9. The van der Waals surface area contributed by atoms with Crippen LogP contribution in [0.25, 0.3) is 10.9 Å². The van der Waals surface area contributed by atoms with Crippen molar-refractivity contribution in [3.05, 3.63) is 70.9 Å². The molecule has 0 spiro atoms. The van der Waals surface area contributed by atoms with Crippen LogP contribution in [0.15, 0.2) is 48.5 Å². The van der Waals surface area contributed by atoms with Crippen molar-refractivity contribution in [2.45, 2.75) is 32.0 Å². The minimum Gasteiger partial charge on any atom is -0.380 e. The topological polar surface area (TPSA) is 42.0 Å². The van der Waals surface area contributed by atoms with Gasteiger partial charge in [0, 0.05) is 18.4 Å². The first kappa shape index (κ1) is 17.5. The molecule has 0 fully saturated rings. The molecule has 1 aliphatic rings. The van der Waals surface area contributed by atoms with E-state index in [4.69, 9.17) is 0 Å². The van der Waals surface area contributed by atoms with Gasteiger partial charge >= 0.3 is 6.18 Å². The summed E-state index contributed by atoms with van der Waals surface area (Å²) in [5, 5.41) is 4.02. The predicted octanol–water partition coefficient (Wildman–Crippen LogP) is 5.38. The van der Waals surface area contributed by atoms with Crippen LogP contribution in [-0.4, -0.2) is 10.8 Å². The van der Waals surface area contributed by atoms with E-state index in [1.807, 2.05) is 24.3 Å². The maximum atomic E-state index is 12.9. The molecule has 0 atom stereocenters. The lowest BCUT2D eigenvalue weighted by molar-refractivity contribution is -0.137. The minimum absolute atomic E-state index is 0.0287. The summed E-state index contributed by atoms with van der Waals surface area (Å²) in [6.07, 6.45) is -2.42. The number of hydrogen-bond donors (Lipinski definition) is 1. The number of benzene rings is 2. The first-order valence-corrected chi connectivity index (χ1v) is 8.78. The quantitative estimate of drug-likeness (QED) is 0.673. The van der Waals surface area contributed by atoms with E-state index in [9.17, 15) is 18.0 Å². The molecule has 0 radical (unpaired) electrons. The Bertz CT molecular complexity index is 1030. The van der Waals surface area contributed by atoms with Crippen LogP contribution >= 0.6 is 0 Å². The number of fused-ring (bicyclic) bond motifs is 2. The van der Waals surface area contributed by atoms with Gasteiger partial charge in [0.1, 0.15) is 0 Å². The van der Waals surface area contributed by atoms with Crippen molar-refractivity contribution in [1.29, 1.82) is 0 Å². The molecule has 0 aliphatic heterocycles. The van der Waals surface area contributed by atoms with Crippen LogP contribution in [0.3, 0.4) is 0 Å². The number of nitrogens with one attached hydrogen (secondary N) is 1. The number of pyridine rings is 1. The molecule has 1 heterocycles. The van der Waals surface area contributed by atoms with Crippen LogP contribution in [-0.2, 0) is 19.1 Å². The Balaban J connectivity index is 1.74. The Labute approximate surface area is 154 Å². The zero-order valence-electron chi connectivity index (χ0n) is 14.4. The van der Waals surface area contributed by atoms with Gasteiger partial charge in [0.05, 0.1) is 28.0 Å². The number of aromatic nitrogens is 1. The Hall–Kier alpha value is -2.89. The fraction of sp³-hybridized carbons (Fsp3) is 0.238. The molecule has 1 aromatic heterocycles. The Kier molecular flexibility index (Phi) is 4.34. The summed E-state index contributed by atoms with van der Waals surface area (Å²) >= 11 is 0. The van der Waals surface area contributed by atoms with E-state index >= 15 is 0 Å². The molecule has 4 rings (SSSR count). The van der Waals surface area contributed by atoms with E-state index in [0.717, 1.165) is 41.6 Å². The second-order valence-electron chi connectivity index (χ2n) is 6.65. The van der Waals surface area contributed by atoms with Crippen LogP contribution in [0.4, 0.5) is 18.9 Å². The molecule has 0 bridgehead atoms. The Morgan fingerprint density at radius 3 is 2.67 bits per heavy atom. The molecule has 6 heteroatoms. The largest absolute Gasteiger partial charge is 0.416 e. The van der Waals surface area contributed by atoms with Gasteiger partial charge in [-0.25, -0.2) is 0 Å². The fourth-order valence-electron chi connectivity index (χ4n) is 3.52. The van der Waals surface area contributed by atoms with Crippen LogP contribution in [0.5, 0.6) is 0 Å². The molecular weight excluding hydrogens is 353 g/mol. The Morgan fingerprint density at radius 1 is 1.04 bits per heavy atom. The van der Waals surface area contributed by atoms with Crippen LogP contribution in [0.1, 0.15) is 40.0 Å². The lowest BCUT2D eigenvalue weighted by Gasteiger charge is -2.21. The molecule has 0 saturated heterocycles. The maximum absolute atomic E-state index is 12.9. The van der Waals surface area contributed by atoms with Crippen molar-refractivity contribution < 1.29 is 18.0 Å². The zero-order valence-corrected chi connectivity index (χ0v) is 14.4. The van der Waals surface area contributed by atoms with Crippen molar-refractivity contribution in [2.75, 3.05) is 5.32 Å². The van der Waals surface area contributed by atoms with Gasteiger partial charge in [0.25, 0.3) is 0 Å². The number of anilines is 1. The highest BCUT2D eigenvalue weighted by Crippen LogP contribution is 2.34. The van der Waals surface area contributed by atoms with E-state index in [1.54, 1.807) is 6.07 Å². The molecule has 3 nitrogen and oxygen atoms in total. The third-order valence-electron chi connectivity index (χ3n) is 4.79. The number of alkyl halides is 3. The summed E-state index contributed by atoms with van der Waals surface area (Å²) in [5.74, 6) is 0.0287. The molecular formula is C21H17F3N2O. The number of rotatable bonds is 3. The minimum atomic E-state index is -4.38. The predicted molar refractivity (Wildman–Crippen MR) is 97.8 cm³/mol. The molecule has 138 valence electrons. The summed E-state index contributed by atoms with van der Waals surface area (Å²) in [7, 11) is 0. The molecule has 27 heavy (non-hydrogen) atoms.